The summed E-state index contributed by atoms with van der Waals surface area (Å²) in [6.45, 7) is 2.70. The molecule has 5 rings (SSSR count). The van der Waals surface area contributed by atoms with Gasteiger partial charge in [-0.25, -0.2) is 4.79 Å². The number of ether oxygens (including phenoxy) is 2. The van der Waals surface area contributed by atoms with Crippen molar-refractivity contribution in [3.05, 3.63) is 88.3 Å². The molecule has 28 heavy (non-hydrogen) atoms. The molecule has 6 heteroatoms. The van der Waals surface area contributed by atoms with Gasteiger partial charge in [-0.2, -0.15) is 5.10 Å². The summed E-state index contributed by atoms with van der Waals surface area (Å²) in [6, 6.07) is 17.9. The number of esters is 1. The summed E-state index contributed by atoms with van der Waals surface area (Å²) in [5, 5.41) is 10.6. The lowest BCUT2D eigenvalue weighted by atomic mass is 9.82. The van der Waals surface area contributed by atoms with Crippen molar-refractivity contribution >= 4 is 11.8 Å². The number of carbonyl (C=O) groups is 1. The van der Waals surface area contributed by atoms with E-state index in [0.717, 1.165) is 39.6 Å². The van der Waals surface area contributed by atoms with Crippen LogP contribution in [0.3, 0.4) is 0 Å². The molecule has 1 aromatic heterocycles. The molecule has 0 saturated carbocycles. The molecule has 0 unspecified atom stereocenters. The van der Waals surface area contributed by atoms with Crippen LogP contribution in [0.4, 0.5) is 5.82 Å². The Morgan fingerprint density at radius 1 is 1.18 bits per heavy atom. The van der Waals surface area contributed by atoms with E-state index in [4.69, 9.17) is 9.47 Å². The predicted octanol–water partition coefficient (Wildman–Crippen LogP) is 3.67. The van der Waals surface area contributed by atoms with E-state index in [9.17, 15) is 4.79 Å². The Hall–Kier alpha value is -3.54. The van der Waals surface area contributed by atoms with Gasteiger partial charge in [-0.05, 0) is 30.2 Å². The molecule has 0 saturated heterocycles. The van der Waals surface area contributed by atoms with Crippen LogP contribution in [-0.2, 0) is 16.1 Å². The van der Waals surface area contributed by atoms with Crippen molar-refractivity contribution in [3.63, 3.8) is 0 Å². The number of hydrogen-bond acceptors (Lipinski definition) is 5. The second-order valence-electron chi connectivity index (χ2n) is 6.98. The van der Waals surface area contributed by atoms with E-state index < -0.39 is 0 Å². The lowest BCUT2D eigenvalue weighted by Crippen LogP contribution is -2.19. The highest BCUT2D eigenvalue weighted by atomic mass is 16.5. The molecule has 1 atom stereocenters. The van der Waals surface area contributed by atoms with E-state index >= 15 is 0 Å². The summed E-state index contributed by atoms with van der Waals surface area (Å²) in [5.41, 5.74) is 5.41. The number of fused-ring (bicyclic) bond motifs is 1. The van der Waals surface area contributed by atoms with Crippen LogP contribution in [0.5, 0.6) is 5.75 Å². The summed E-state index contributed by atoms with van der Waals surface area (Å²) < 4.78 is 11.3. The third kappa shape index (κ3) is 2.74. The first-order valence-corrected chi connectivity index (χ1v) is 9.19. The number of hydrogen-bond donors (Lipinski definition) is 2. The molecule has 0 aliphatic carbocycles. The highest BCUT2D eigenvalue weighted by molar-refractivity contribution is 5.97. The number of aromatic amines is 1. The van der Waals surface area contributed by atoms with Crippen LogP contribution in [0.2, 0.25) is 0 Å². The quantitative estimate of drug-likeness (QED) is 0.683. The van der Waals surface area contributed by atoms with Crippen LogP contribution in [0, 0.1) is 6.92 Å². The third-order valence-electron chi connectivity index (χ3n) is 5.17. The molecule has 0 bridgehead atoms. The van der Waals surface area contributed by atoms with Crippen molar-refractivity contribution in [1.82, 2.24) is 10.2 Å². The van der Waals surface area contributed by atoms with E-state index in [2.05, 4.69) is 15.5 Å². The van der Waals surface area contributed by atoms with Crippen molar-refractivity contribution < 1.29 is 14.3 Å². The van der Waals surface area contributed by atoms with E-state index in [0.29, 0.717) is 12.2 Å². The number of anilines is 1. The number of H-pyrrole nitrogens is 1. The molecule has 3 heterocycles. The first-order chi connectivity index (χ1) is 13.7. The summed E-state index contributed by atoms with van der Waals surface area (Å²) >= 11 is 0. The minimum Gasteiger partial charge on any atom is -0.489 e. The van der Waals surface area contributed by atoms with E-state index in [-0.39, 0.29) is 18.5 Å². The zero-order chi connectivity index (χ0) is 19.1. The number of carbonyl (C=O) groups excluding carboxylic acids is 1. The Labute approximate surface area is 162 Å². The number of cyclic esters (lactones) is 1. The number of nitrogens with zero attached hydrogens (tertiary/aromatic N) is 1. The Morgan fingerprint density at radius 3 is 2.89 bits per heavy atom. The summed E-state index contributed by atoms with van der Waals surface area (Å²) in [5.74, 6) is 0.987. The van der Waals surface area contributed by atoms with Gasteiger partial charge in [-0.3, -0.25) is 5.10 Å². The molecule has 2 aliphatic heterocycles. The van der Waals surface area contributed by atoms with Crippen molar-refractivity contribution in [2.24, 2.45) is 0 Å². The monoisotopic (exact) mass is 373 g/mol. The van der Waals surface area contributed by atoms with Crippen molar-refractivity contribution in [2.45, 2.75) is 19.4 Å². The normalized spacial score (nSPS) is 17.6. The van der Waals surface area contributed by atoms with Gasteiger partial charge in [-0.15, -0.1) is 0 Å². The van der Waals surface area contributed by atoms with Gasteiger partial charge in [0.1, 0.15) is 19.0 Å². The number of aryl methyl sites for hydroxylation is 1. The zero-order valence-corrected chi connectivity index (χ0v) is 15.4. The smallest absolute Gasteiger partial charge is 0.337 e. The highest BCUT2D eigenvalue weighted by Crippen LogP contribution is 2.45. The fraction of sp³-hybridized carbons (Fsp3) is 0.182. The summed E-state index contributed by atoms with van der Waals surface area (Å²) in [7, 11) is 0. The first-order valence-electron chi connectivity index (χ1n) is 9.19. The van der Waals surface area contributed by atoms with Crippen molar-refractivity contribution in [3.8, 4) is 5.75 Å². The number of rotatable bonds is 4. The van der Waals surface area contributed by atoms with E-state index in [1.54, 1.807) is 0 Å². The van der Waals surface area contributed by atoms with E-state index in [1.165, 1.54) is 0 Å². The molecule has 140 valence electrons. The Kier molecular flexibility index (Phi) is 3.90. The summed E-state index contributed by atoms with van der Waals surface area (Å²) in [4.78, 5) is 12.4. The second-order valence-corrected chi connectivity index (χ2v) is 6.98. The molecule has 2 aliphatic rings. The fourth-order valence-corrected chi connectivity index (χ4v) is 3.84. The van der Waals surface area contributed by atoms with Crippen LogP contribution < -0.4 is 10.1 Å². The maximum atomic E-state index is 12.4. The SMILES string of the molecule is Cc1[nH]nc2c1[C@H](c1cccc(OCc3ccccc3)c1)C1=C(COC1=O)N2. The first kappa shape index (κ1) is 16.6. The molecule has 0 radical (unpaired) electrons. The molecule has 2 N–H and O–H groups in total. The highest BCUT2D eigenvalue weighted by Gasteiger charge is 2.40. The van der Waals surface area contributed by atoms with Gasteiger partial charge in [-0.1, -0.05) is 42.5 Å². The number of nitrogens with one attached hydrogen (secondary N) is 2. The van der Waals surface area contributed by atoms with Crippen LogP contribution >= 0.6 is 0 Å². The molecule has 6 nitrogen and oxygen atoms in total. The molecule has 0 spiro atoms. The zero-order valence-electron chi connectivity index (χ0n) is 15.4. The average Bonchev–Trinajstić information content (AvgIpc) is 3.29. The van der Waals surface area contributed by atoms with Crippen molar-refractivity contribution in [1.29, 1.82) is 0 Å². The average molecular weight is 373 g/mol. The largest absolute Gasteiger partial charge is 0.489 e. The lowest BCUT2D eigenvalue weighted by molar-refractivity contribution is -0.136. The fourth-order valence-electron chi connectivity index (χ4n) is 3.84. The Bertz CT molecular complexity index is 1090. The lowest BCUT2D eigenvalue weighted by Gasteiger charge is -2.24. The maximum absolute atomic E-state index is 12.4. The van der Waals surface area contributed by atoms with Crippen LogP contribution in [0.25, 0.3) is 0 Å². The van der Waals surface area contributed by atoms with Gasteiger partial charge in [0.15, 0.2) is 5.82 Å². The maximum Gasteiger partial charge on any atom is 0.337 e. The Balaban J connectivity index is 1.51. The van der Waals surface area contributed by atoms with Gasteiger partial charge in [0.25, 0.3) is 0 Å². The topological polar surface area (TPSA) is 76.2 Å². The van der Waals surface area contributed by atoms with Gasteiger partial charge >= 0.3 is 5.97 Å². The van der Waals surface area contributed by atoms with E-state index in [1.807, 2.05) is 61.5 Å². The standard InChI is InChI=1S/C22H19N3O3/c1-13-18-19(20-17(12-28-22(20)26)23-21(18)25-24-13)15-8-5-9-16(10-15)27-11-14-6-3-2-4-7-14/h2-10,19H,11-12H2,1H3,(H2,23,24,25)/t19-/m0/s1. The van der Waals surface area contributed by atoms with Crippen LogP contribution in [-0.4, -0.2) is 22.8 Å². The van der Waals surface area contributed by atoms with Gasteiger partial charge in [0.05, 0.1) is 11.3 Å². The molecule has 0 fully saturated rings. The van der Waals surface area contributed by atoms with Gasteiger partial charge in [0, 0.05) is 17.2 Å². The van der Waals surface area contributed by atoms with Gasteiger partial charge in [0.2, 0.25) is 0 Å². The number of benzene rings is 2. The molecule has 0 amide bonds. The minimum absolute atomic E-state index is 0.236. The molecular weight excluding hydrogens is 354 g/mol. The number of aromatic nitrogens is 2. The van der Waals surface area contributed by atoms with Crippen molar-refractivity contribution in [2.75, 3.05) is 11.9 Å². The predicted molar refractivity (Wildman–Crippen MR) is 104 cm³/mol. The third-order valence-corrected chi connectivity index (χ3v) is 5.17. The molecule has 2 aromatic carbocycles. The van der Waals surface area contributed by atoms with Crippen LogP contribution in [0.15, 0.2) is 65.9 Å². The van der Waals surface area contributed by atoms with Gasteiger partial charge < -0.3 is 14.8 Å². The van der Waals surface area contributed by atoms with Crippen LogP contribution in [0.1, 0.15) is 28.3 Å². The summed E-state index contributed by atoms with van der Waals surface area (Å²) in [6.07, 6.45) is 0. The second kappa shape index (κ2) is 6.56. The molecule has 3 aromatic rings. The molecular formula is C22H19N3O3. The Morgan fingerprint density at radius 2 is 2.04 bits per heavy atom. The minimum atomic E-state index is -0.283.